The Labute approximate surface area is 119 Å². The van der Waals surface area contributed by atoms with Crippen LogP contribution < -0.4 is 10.6 Å². The Balaban J connectivity index is 2.07. The summed E-state index contributed by atoms with van der Waals surface area (Å²) in [6.07, 6.45) is 1.64. The van der Waals surface area contributed by atoms with Gasteiger partial charge in [-0.15, -0.1) is 0 Å². The topological polar surface area (TPSA) is 76.5 Å². The number of alkyl halides is 2. The Bertz CT molecular complexity index is 712. The van der Waals surface area contributed by atoms with Crippen LogP contribution in [0.5, 0.6) is 0 Å². The maximum Gasteiger partial charge on any atom is 0.265 e. The van der Waals surface area contributed by atoms with Crippen LogP contribution in [0.15, 0.2) is 12.3 Å². The van der Waals surface area contributed by atoms with Crippen LogP contribution in [0.4, 0.5) is 14.6 Å². The number of fused-ring (bicyclic) bond motifs is 1. The van der Waals surface area contributed by atoms with Crippen molar-refractivity contribution < 1.29 is 13.6 Å². The highest BCUT2D eigenvalue weighted by Gasteiger charge is 2.35. The highest BCUT2D eigenvalue weighted by molar-refractivity contribution is 5.98. The molecule has 8 heteroatoms. The Morgan fingerprint density at radius 1 is 1.48 bits per heavy atom. The van der Waals surface area contributed by atoms with E-state index in [0.29, 0.717) is 30.1 Å². The van der Waals surface area contributed by atoms with E-state index in [-0.39, 0.29) is 18.5 Å². The first-order valence-corrected chi connectivity index (χ1v) is 6.65. The third-order valence-electron chi connectivity index (χ3n) is 3.62. The standard InChI is InChI=1S/C13H15F2N5O/c1-8-5-10(19-4-2-3-13(14,15)7-19)18-12-9(11(16)21)6-17-20(8)12/h5-6H,2-4,7H2,1H3,(H2,16,21). The van der Waals surface area contributed by atoms with E-state index in [2.05, 4.69) is 10.1 Å². The minimum absolute atomic E-state index is 0.107. The van der Waals surface area contributed by atoms with Crippen molar-refractivity contribution in [1.29, 1.82) is 0 Å². The predicted molar refractivity (Wildman–Crippen MR) is 72.6 cm³/mol. The first-order chi connectivity index (χ1) is 9.87. The van der Waals surface area contributed by atoms with E-state index < -0.39 is 11.8 Å². The van der Waals surface area contributed by atoms with Crippen molar-refractivity contribution in [1.82, 2.24) is 14.6 Å². The average molecular weight is 295 g/mol. The second-order valence-corrected chi connectivity index (χ2v) is 5.29. The van der Waals surface area contributed by atoms with E-state index in [1.54, 1.807) is 13.0 Å². The molecule has 0 aliphatic carbocycles. The third-order valence-corrected chi connectivity index (χ3v) is 3.62. The zero-order valence-electron chi connectivity index (χ0n) is 11.5. The number of carbonyl (C=O) groups is 1. The number of nitrogens with zero attached hydrogens (tertiary/aromatic N) is 4. The first kappa shape index (κ1) is 13.7. The van der Waals surface area contributed by atoms with E-state index in [1.165, 1.54) is 15.6 Å². The molecule has 1 saturated heterocycles. The monoisotopic (exact) mass is 295 g/mol. The van der Waals surface area contributed by atoms with Gasteiger partial charge in [0.1, 0.15) is 11.4 Å². The number of nitrogens with two attached hydrogens (primary N) is 1. The molecule has 3 heterocycles. The summed E-state index contributed by atoms with van der Waals surface area (Å²) in [5.41, 5.74) is 6.47. The molecule has 21 heavy (non-hydrogen) atoms. The van der Waals surface area contributed by atoms with Crippen molar-refractivity contribution >= 4 is 17.4 Å². The van der Waals surface area contributed by atoms with E-state index in [9.17, 15) is 13.6 Å². The van der Waals surface area contributed by atoms with Gasteiger partial charge in [-0.2, -0.15) is 5.10 Å². The smallest absolute Gasteiger partial charge is 0.265 e. The highest BCUT2D eigenvalue weighted by atomic mass is 19.3. The molecule has 0 unspecified atom stereocenters. The molecule has 0 atom stereocenters. The largest absolute Gasteiger partial charge is 0.365 e. The molecular formula is C13H15F2N5O. The van der Waals surface area contributed by atoms with E-state index in [1.807, 2.05) is 0 Å². The minimum Gasteiger partial charge on any atom is -0.365 e. The van der Waals surface area contributed by atoms with Gasteiger partial charge in [-0.25, -0.2) is 18.3 Å². The lowest BCUT2D eigenvalue weighted by Crippen LogP contribution is -2.43. The number of rotatable bonds is 2. The lowest BCUT2D eigenvalue weighted by molar-refractivity contribution is -0.0118. The average Bonchev–Trinajstić information content (AvgIpc) is 2.82. The molecule has 2 N–H and O–H groups in total. The van der Waals surface area contributed by atoms with Gasteiger partial charge in [0.15, 0.2) is 5.65 Å². The fourth-order valence-corrected chi connectivity index (χ4v) is 2.59. The molecule has 3 rings (SSSR count). The summed E-state index contributed by atoms with van der Waals surface area (Å²) in [7, 11) is 0. The summed E-state index contributed by atoms with van der Waals surface area (Å²) in [5.74, 6) is -2.94. The van der Waals surface area contributed by atoms with Crippen LogP contribution in [0.3, 0.4) is 0 Å². The van der Waals surface area contributed by atoms with Crippen LogP contribution in [-0.4, -0.2) is 39.5 Å². The molecule has 1 fully saturated rings. The molecule has 1 aliphatic heterocycles. The van der Waals surface area contributed by atoms with Crippen molar-refractivity contribution in [2.24, 2.45) is 5.73 Å². The van der Waals surface area contributed by atoms with Crippen LogP contribution >= 0.6 is 0 Å². The maximum absolute atomic E-state index is 13.5. The summed E-state index contributed by atoms with van der Waals surface area (Å²) in [5, 5.41) is 4.04. The van der Waals surface area contributed by atoms with Crippen LogP contribution in [0, 0.1) is 6.92 Å². The maximum atomic E-state index is 13.5. The summed E-state index contributed by atoms with van der Waals surface area (Å²) in [4.78, 5) is 17.2. The quantitative estimate of drug-likeness (QED) is 0.908. The number of anilines is 1. The molecule has 2 aromatic heterocycles. The van der Waals surface area contributed by atoms with Gasteiger partial charge in [0.2, 0.25) is 0 Å². The van der Waals surface area contributed by atoms with Gasteiger partial charge in [-0.05, 0) is 13.3 Å². The van der Waals surface area contributed by atoms with Crippen LogP contribution in [0.25, 0.3) is 5.65 Å². The molecule has 0 saturated carbocycles. The van der Waals surface area contributed by atoms with Gasteiger partial charge in [-0.1, -0.05) is 0 Å². The number of hydrogen-bond acceptors (Lipinski definition) is 4. The number of carbonyl (C=O) groups excluding carboxylic acids is 1. The van der Waals surface area contributed by atoms with Gasteiger partial charge >= 0.3 is 0 Å². The lowest BCUT2D eigenvalue weighted by Gasteiger charge is -2.33. The number of hydrogen-bond donors (Lipinski definition) is 1. The Morgan fingerprint density at radius 2 is 2.24 bits per heavy atom. The van der Waals surface area contributed by atoms with Crippen molar-refractivity contribution in [3.8, 4) is 0 Å². The fourth-order valence-electron chi connectivity index (χ4n) is 2.59. The fraction of sp³-hybridized carbons (Fsp3) is 0.462. The van der Waals surface area contributed by atoms with Gasteiger partial charge in [0.25, 0.3) is 11.8 Å². The highest BCUT2D eigenvalue weighted by Crippen LogP contribution is 2.29. The Morgan fingerprint density at radius 3 is 2.90 bits per heavy atom. The molecule has 0 aromatic carbocycles. The van der Waals surface area contributed by atoms with Gasteiger partial charge < -0.3 is 10.6 Å². The Hall–Kier alpha value is -2.25. The molecule has 1 amide bonds. The van der Waals surface area contributed by atoms with Crippen molar-refractivity contribution in [2.45, 2.75) is 25.7 Å². The normalized spacial score (nSPS) is 18.1. The van der Waals surface area contributed by atoms with Crippen LogP contribution in [0.1, 0.15) is 28.9 Å². The van der Waals surface area contributed by atoms with E-state index >= 15 is 0 Å². The number of primary amides is 1. The van der Waals surface area contributed by atoms with Crippen molar-refractivity contribution in [2.75, 3.05) is 18.0 Å². The second-order valence-electron chi connectivity index (χ2n) is 5.29. The zero-order valence-corrected chi connectivity index (χ0v) is 11.5. The summed E-state index contributed by atoms with van der Waals surface area (Å²) < 4.78 is 28.6. The van der Waals surface area contributed by atoms with Crippen molar-refractivity contribution in [3.05, 3.63) is 23.5 Å². The number of piperidine rings is 1. The number of amides is 1. The molecule has 0 bridgehead atoms. The van der Waals surface area contributed by atoms with Gasteiger partial charge in [-0.3, -0.25) is 4.79 Å². The third kappa shape index (κ3) is 2.41. The molecule has 1 aliphatic rings. The molecule has 0 radical (unpaired) electrons. The lowest BCUT2D eigenvalue weighted by atomic mass is 10.1. The summed E-state index contributed by atoms with van der Waals surface area (Å²) in [6, 6.07) is 1.69. The number of aromatic nitrogens is 3. The number of halogens is 2. The SMILES string of the molecule is Cc1cc(N2CCCC(F)(F)C2)nc2c(C(N)=O)cnn12. The first-order valence-electron chi connectivity index (χ1n) is 6.65. The van der Waals surface area contributed by atoms with Crippen LogP contribution in [0.2, 0.25) is 0 Å². The van der Waals surface area contributed by atoms with E-state index in [0.717, 1.165) is 0 Å². The van der Waals surface area contributed by atoms with Gasteiger partial charge in [0, 0.05) is 24.7 Å². The molecule has 112 valence electrons. The summed E-state index contributed by atoms with van der Waals surface area (Å²) in [6.45, 7) is 1.92. The molecule has 2 aromatic rings. The van der Waals surface area contributed by atoms with E-state index in [4.69, 9.17) is 5.73 Å². The van der Waals surface area contributed by atoms with Gasteiger partial charge in [0.05, 0.1) is 12.7 Å². The minimum atomic E-state index is -2.72. The zero-order chi connectivity index (χ0) is 15.2. The van der Waals surface area contributed by atoms with Crippen molar-refractivity contribution in [3.63, 3.8) is 0 Å². The second kappa shape index (κ2) is 4.64. The molecule has 6 nitrogen and oxygen atoms in total. The summed E-state index contributed by atoms with van der Waals surface area (Å²) >= 11 is 0. The predicted octanol–water partition coefficient (Wildman–Crippen LogP) is 1.37. The number of aryl methyl sites for hydroxylation is 1. The Kier molecular flexibility index (Phi) is 3.03. The molecular weight excluding hydrogens is 280 g/mol. The molecule has 0 spiro atoms. The van der Waals surface area contributed by atoms with Crippen LogP contribution in [-0.2, 0) is 0 Å².